The molecule has 2 bridgehead atoms. The van der Waals surface area contributed by atoms with E-state index < -0.39 is 0 Å². The van der Waals surface area contributed by atoms with Gasteiger partial charge in [-0.1, -0.05) is 24.5 Å². The van der Waals surface area contributed by atoms with E-state index in [1.54, 1.807) is 0 Å². The average molecular weight is 334 g/mol. The molecule has 0 saturated carbocycles. The van der Waals surface area contributed by atoms with E-state index in [1.165, 1.54) is 42.4 Å². The molecule has 3 heteroatoms. The standard InChI is InChI=1S/C22H26N2O/c1-4-11-25-22(21-13-17-8-10-24(21)14-16(17)3)18-7-9-23-20-6-5-15(2)12-19(18)20/h1,5-7,9,12,16-17,21-22H,8,10-11,13-14H2,2-3H3. The summed E-state index contributed by atoms with van der Waals surface area (Å²) in [5.74, 6) is 4.26. The fourth-order valence-corrected chi connectivity index (χ4v) is 4.73. The van der Waals surface area contributed by atoms with Crippen molar-refractivity contribution in [1.29, 1.82) is 0 Å². The zero-order valence-corrected chi connectivity index (χ0v) is 15.1. The number of terminal acetylenes is 1. The van der Waals surface area contributed by atoms with Gasteiger partial charge < -0.3 is 4.74 Å². The molecule has 3 aliphatic heterocycles. The van der Waals surface area contributed by atoms with Crippen molar-refractivity contribution in [2.75, 3.05) is 19.7 Å². The molecule has 0 N–H and O–H groups in total. The number of aromatic nitrogens is 1. The molecule has 1 aromatic carbocycles. The Bertz CT molecular complexity index is 809. The summed E-state index contributed by atoms with van der Waals surface area (Å²) < 4.78 is 6.25. The van der Waals surface area contributed by atoms with Gasteiger partial charge in [0.05, 0.1) is 11.6 Å². The zero-order valence-electron chi connectivity index (χ0n) is 15.1. The van der Waals surface area contributed by atoms with Crippen LogP contribution in [0.15, 0.2) is 30.5 Å². The third kappa shape index (κ3) is 3.05. The van der Waals surface area contributed by atoms with Crippen LogP contribution in [0.4, 0.5) is 0 Å². The first-order valence-electron chi connectivity index (χ1n) is 9.31. The highest BCUT2D eigenvalue weighted by atomic mass is 16.5. The second-order valence-corrected chi connectivity index (χ2v) is 7.68. The van der Waals surface area contributed by atoms with Crippen LogP contribution < -0.4 is 0 Å². The van der Waals surface area contributed by atoms with Crippen molar-refractivity contribution in [3.8, 4) is 12.3 Å². The van der Waals surface area contributed by atoms with Gasteiger partial charge in [-0.2, -0.15) is 0 Å². The molecule has 0 amide bonds. The second-order valence-electron chi connectivity index (χ2n) is 7.68. The van der Waals surface area contributed by atoms with E-state index >= 15 is 0 Å². The summed E-state index contributed by atoms with van der Waals surface area (Å²) in [7, 11) is 0. The van der Waals surface area contributed by atoms with Crippen molar-refractivity contribution in [1.82, 2.24) is 9.88 Å². The number of rotatable bonds is 4. The molecule has 1 aromatic heterocycles. The third-order valence-electron chi connectivity index (χ3n) is 6.06. The summed E-state index contributed by atoms with van der Waals surface area (Å²) in [6.07, 6.45) is 9.95. The number of benzene rings is 1. The maximum atomic E-state index is 6.25. The number of aryl methyl sites for hydroxylation is 1. The van der Waals surface area contributed by atoms with Gasteiger partial charge in [0.15, 0.2) is 0 Å². The number of fused-ring (bicyclic) bond motifs is 4. The van der Waals surface area contributed by atoms with E-state index in [2.05, 4.69) is 53.9 Å². The van der Waals surface area contributed by atoms with Gasteiger partial charge in [0, 0.05) is 24.2 Å². The Morgan fingerprint density at radius 2 is 2.28 bits per heavy atom. The molecule has 0 aliphatic carbocycles. The number of hydrogen-bond donors (Lipinski definition) is 0. The molecule has 4 heterocycles. The molecular weight excluding hydrogens is 308 g/mol. The van der Waals surface area contributed by atoms with Gasteiger partial charge in [-0.3, -0.25) is 9.88 Å². The largest absolute Gasteiger partial charge is 0.359 e. The van der Waals surface area contributed by atoms with Crippen molar-refractivity contribution >= 4 is 10.9 Å². The van der Waals surface area contributed by atoms with Crippen molar-refractivity contribution in [2.45, 2.75) is 38.8 Å². The van der Waals surface area contributed by atoms with Crippen LogP contribution in [-0.4, -0.2) is 35.6 Å². The SMILES string of the molecule is C#CCOC(c1ccnc2ccc(C)cc12)C1CC2CCN1CC2C. The van der Waals surface area contributed by atoms with E-state index in [1.807, 2.05) is 6.20 Å². The first-order chi connectivity index (χ1) is 12.2. The Hall–Kier alpha value is -1.89. The minimum absolute atomic E-state index is 0.0126. The number of ether oxygens (including phenoxy) is 1. The smallest absolute Gasteiger partial charge is 0.108 e. The van der Waals surface area contributed by atoms with Crippen molar-refractivity contribution in [2.24, 2.45) is 11.8 Å². The molecule has 3 saturated heterocycles. The second kappa shape index (κ2) is 6.78. The first-order valence-corrected chi connectivity index (χ1v) is 9.31. The molecular formula is C22H26N2O. The lowest BCUT2D eigenvalue weighted by Crippen LogP contribution is -2.55. The van der Waals surface area contributed by atoms with Crippen LogP contribution in [0.2, 0.25) is 0 Å². The Labute approximate surface area is 150 Å². The van der Waals surface area contributed by atoms with Crippen LogP contribution in [0.1, 0.15) is 37.0 Å². The highest BCUT2D eigenvalue weighted by Crippen LogP contribution is 2.42. The van der Waals surface area contributed by atoms with E-state index in [-0.39, 0.29) is 6.10 Å². The third-order valence-corrected chi connectivity index (χ3v) is 6.06. The average Bonchev–Trinajstić information content (AvgIpc) is 2.63. The highest BCUT2D eigenvalue weighted by Gasteiger charge is 2.42. The summed E-state index contributed by atoms with van der Waals surface area (Å²) in [6.45, 7) is 7.21. The summed E-state index contributed by atoms with van der Waals surface area (Å²) in [6, 6.07) is 8.97. The van der Waals surface area contributed by atoms with E-state index in [0.717, 1.165) is 17.4 Å². The van der Waals surface area contributed by atoms with Crippen LogP contribution in [0.3, 0.4) is 0 Å². The predicted octanol–water partition coefficient (Wildman–Crippen LogP) is 3.96. The molecule has 5 rings (SSSR count). The van der Waals surface area contributed by atoms with Gasteiger partial charge in [-0.25, -0.2) is 0 Å². The predicted molar refractivity (Wildman–Crippen MR) is 101 cm³/mol. The van der Waals surface area contributed by atoms with Crippen LogP contribution in [0.25, 0.3) is 10.9 Å². The van der Waals surface area contributed by atoms with Crippen LogP contribution in [0.5, 0.6) is 0 Å². The molecule has 5 atom stereocenters. The van der Waals surface area contributed by atoms with Crippen molar-refractivity contribution < 1.29 is 4.74 Å². The Kier molecular flexibility index (Phi) is 4.50. The maximum Gasteiger partial charge on any atom is 0.108 e. The topological polar surface area (TPSA) is 25.4 Å². The molecule has 3 aliphatic rings. The van der Waals surface area contributed by atoms with Gasteiger partial charge in [0.25, 0.3) is 0 Å². The lowest BCUT2D eigenvalue weighted by atomic mass is 9.74. The quantitative estimate of drug-likeness (QED) is 0.791. The summed E-state index contributed by atoms with van der Waals surface area (Å²) >= 11 is 0. The minimum atomic E-state index is 0.0126. The zero-order chi connectivity index (χ0) is 17.4. The molecule has 3 fully saturated rings. The monoisotopic (exact) mass is 334 g/mol. The molecule has 5 unspecified atom stereocenters. The van der Waals surface area contributed by atoms with Crippen molar-refractivity contribution in [3.63, 3.8) is 0 Å². The first kappa shape index (κ1) is 16.6. The van der Waals surface area contributed by atoms with Crippen LogP contribution in [-0.2, 0) is 4.74 Å². The molecule has 0 radical (unpaired) electrons. The van der Waals surface area contributed by atoms with Gasteiger partial charge in [0.1, 0.15) is 6.61 Å². The fourth-order valence-electron chi connectivity index (χ4n) is 4.73. The minimum Gasteiger partial charge on any atom is -0.359 e. The summed E-state index contributed by atoms with van der Waals surface area (Å²) in [4.78, 5) is 7.16. The van der Waals surface area contributed by atoms with E-state index in [9.17, 15) is 0 Å². The number of piperidine rings is 3. The molecule has 0 spiro atoms. The normalized spacial score (nSPS) is 29.5. The van der Waals surface area contributed by atoms with E-state index in [4.69, 9.17) is 11.2 Å². The summed E-state index contributed by atoms with van der Waals surface area (Å²) in [5, 5.41) is 1.19. The lowest BCUT2D eigenvalue weighted by molar-refractivity contribution is -0.0723. The fraction of sp³-hybridized carbons (Fsp3) is 0.500. The lowest BCUT2D eigenvalue weighted by Gasteiger charge is -2.51. The van der Waals surface area contributed by atoms with Crippen molar-refractivity contribution in [3.05, 3.63) is 41.6 Å². The number of pyridine rings is 1. The highest BCUT2D eigenvalue weighted by molar-refractivity contribution is 5.83. The Balaban J connectivity index is 1.75. The molecule has 130 valence electrons. The number of nitrogens with zero attached hydrogens (tertiary/aromatic N) is 2. The van der Waals surface area contributed by atoms with Gasteiger partial charge in [0.2, 0.25) is 0 Å². The Morgan fingerprint density at radius 1 is 1.40 bits per heavy atom. The molecule has 2 aromatic rings. The maximum absolute atomic E-state index is 6.25. The van der Waals surface area contributed by atoms with Gasteiger partial charge in [-0.15, -0.1) is 6.42 Å². The van der Waals surface area contributed by atoms with Gasteiger partial charge in [-0.05, 0) is 61.9 Å². The molecule has 25 heavy (non-hydrogen) atoms. The van der Waals surface area contributed by atoms with E-state index in [0.29, 0.717) is 12.6 Å². The number of hydrogen-bond acceptors (Lipinski definition) is 3. The van der Waals surface area contributed by atoms with Crippen LogP contribution >= 0.6 is 0 Å². The summed E-state index contributed by atoms with van der Waals surface area (Å²) in [5.41, 5.74) is 3.51. The Morgan fingerprint density at radius 3 is 3.00 bits per heavy atom. The molecule has 3 nitrogen and oxygen atoms in total. The van der Waals surface area contributed by atoms with Gasteiger partial charge >= 0.3 is 0 Å². The van der Waals surface area contributed by atoms with Crippen LogP contribution in [0, 0.1) is 31.1 Å².